The minimum atomic E-state index is -0.731. The van der Waals surface area contributed by atoms with Crippen molar-refractivity contribution in [3.05, 3.63) is 52.1 Å². The normalized spacial score (nSPS) is 10.4. The molecule has 0 unspecified atom stereocenters. The number of phenolic OH excluding ortho intramolecular Hbond substituents is 1. The SMILES string of the molecule is CN(Cc1nccn1C)C(=O)c1cccc([N+](=O)[O-])c1O. The van der Waals surface area contributed by atoms with Gasteiger partial charge in [0.2, 0.25) is 5.75 Å². The highest BCUT2D eigenvalue weighted by atomic mass is 16.6. The number of rotatable bonds is 4. The van der Waals surface area contributed by atoms with E-state index in [-0.39, 0.29) is 12.1 Å². The summed E-state index contributed by atoms with van der Waals surface area (Å²) in [4.78, 5) is 27.8. The third-order valence-electron chi connectivity index (χ3n) is 3.09. The second kappa shape index (κ2) is 5.61. The molecule has 1 N–H and O–H groups in total. The van der Waals surface area contributed by atoms with Crippen molar-refractivity contribution < 1.29 is 14.8 Å². The van der Waals surface area contributed by atoms with Crippen LogP contribution in [0.1, 0.15) is 16.2 Å². The second-order valence-corrected chi connectivity index (χ2v) is 4.55. The van der Waals surface area contributed by atoms with Gasteiger partial charge in [0.15, 0.2) is 0 Å². The maximum atomic E-state index is 12.3. The van der Waals surface area contributed by atoms with E-state index < -0.39 is 22.3 Å². The Bertz CT molecular complexity index is 695. The van der Waals surface area contributed by atoms with E-state index >= 15 is 0 Å². The molecule has 1 aromatic heterocycles. The van der Waals surface area contributed by atoms with Gasteiger partial charge in [0.1, 0.15) is 5.82 Å². The molecule has 0 saturated carbocycles. The number of nitrogens with zero attached hydrogens (tertiary/aromatic N) is 4. The van der Waals surface area contributed by atoms with Crippen molar-refractivity contribution in [2.45, 2.75) is 6.54 Å². The number of aromatic hydroxyl groups is 1. The van der Waals surface area contributed by atoms with E-state index in [9.17, 15) is 20.0 Å². The molecule has 0 saturated heterocycles. The molecule has 0 spiro atoms. The number of hydrogen-bond acceptors (Lipinski definition) is 5. The monoisotopic (exact) mass is 290 g/mol. The topological polar surface area (TPSA) is 102 Å². The quantitative estimate of drug-likeness (QED) is 0.675. The molecule has 2 rings (SSSR count). The zero-order chi connectivity index (χ0) is 15.6. The number of imidazole rings is 1. The minimum absolute atomic E-state index is 0.110. The van der Waals surface area contributed by atoms with Crippen LogP contribution >= 0.6 is 0 Å². The third kappa shape index (κ3) is 2.83. The van der Waals surface area contributed by atoms with E-state index in [1.165, 1.54) is 24.1 Å². The van der Waals surface area contributed by atoms with Crippen molar-refractivity contribution in [1.29, 1.82) is 0 Å². The maximum absolute atomic E-state index is 12.3. The minimum Gasteiger partial charge on any atom is -0.502 e. The Balaban J connectivity index is 2.26. The molecule has 110 valence electrons. The molecular weight excluding hydrogens is 276 g/mol. The highest BCUT2D eigenvalue weighted by Crippen LogP contribution is 2.30. The highest BCUT2D eigenvalue weighted by Gasteiger charge is 2.23. The summed E-state index contributed by atoms with van der Waals surface area (Å²) in [7, 11) is 3.33. The zero-order valence-electron chi connectivity index (χ0n) is 11.6. The Morgan fingerprint density at radius 3 is 2.81 bits per heavy atom. The number of amides is 1. The fourth-order valence-corrected chi connectivity index (χ4v) is 1.89. The summed E-state index contributed by atoms with van der Waals surface area (Å²) < 4.78 is 1.76. The largest absolute Gasteiger partial charge is 0.502 e. The molecule has 0 atom stereocenters. The van der Waals surface area contributed by atoms with E-state index in [4.69, 9.17) is 0 Å². The van der Waals surface area contributed by atoms with Gasteiger partial charge in [0.25, 0.3) is 5.91 Å². The van der Waals surface area contributed by atoms with Gasteiger partial charge in [0.05, 0.1) is 17.0 Å². The summed E-state index contributed by atoms with van der Waals surface area (Å²) in [6, 6.07) is 3.85. The Hall–Kier alpha value is -2.90. The number of aromatic nitrogens is 2. The lowest BCUT2D eigenvalue weighted by Gasteiger charge is -2.17. The molecule has 21 heavy (non-hydrogen) atoms. The number of carbonyl (C=O) groups excluding carboxylic acids is 1. The van der Waals surface area contributed by atoms with Gasteiger partial charge >= 0.3 is 5.69 Å². The van der Waals surface area contributed by atoms with Crippen LogP contribution in [0.3, 0.4) is 0 Å². The smallest absolute Gasteiger partial charge is 0.311 e. The Kier molecular flexibility index (Phi) is 3.88. The Morgan fingerprint density at radius 1 is 1.52 bits per heavy atom. The Labute approximate surface area is 120 Å². The number of para-hydroxylation sites is 1. The molecule has 0 aliphatic rings. The van der Waals surface area contributed by atoms with E-state index in [1.807, 2.05) is 0 Å². The van der Waals surface area contributed by atoms with Gasteiger partial charge in [-0.3, -0.25) is 14.9 Å². The zero-order valence-corrected chi connectivity index (χ0v) is 11.6. The predicted octanol–water partition coefficient (Wildman–Crippen LogP) is 1.31. The average Bonchev–Trinajstić information content (AvgIpc) is 2.83. The average molecular weight is 290 g/mol. The van der Waals surface area contributed by atoms with Gasteiger partial charge in [-0.05, 0) is 6.07 Å². The Morgan fingerprint density at radius 2 is 2.24 bits per heavy atom. The first-order chi connectivity index (χ1) is 9.91. The van der Waals surface area contributed by atoms with Gasteiger partial charge < -0.3 is 14.6 Å². The van der Waals surface area contributed by atoms with Crippen LogP contribution in [-0.4, -0.2) is 37.4 Å². The molecule has 0 aliphatic carbocycles. The number of hydrogen-bond donors (Lipinski definition) is 1. The first-order valence-electron chi connectivity index (χ1n) is 6.10. The molecular formula is C13H14N4O4. The lowest BCUT2D eigenvalue weighted by molar-refractivity contribution is -0.385. The summed E-state index contributed by atoms with van der Waals surface area (Å²) in [6.07, 6.45) is 3.36. The highest BCUT2D eigenvalue weighted by molar-refractivity contribution is 5.97. The predicted molar refractivity (Wildman–Crippen MR) is 73.8 cm³/mol. The summed E-state index contributed by atoms with van der Waals surface area (Å²) in [5.74, 6) is -0.478. The van der Waals surface area contributed by atoms with Crippen molar-refractivity contribution in [2.24, 2.45) is 7.05 Å². The molecule has 0 fully saturated rings. The fraction of sp³-hybridized carbons (Fsp3) is 0.231. The molecule has 0 aliphatic heterocycles. The molecule has 0 radical (unpaired) electrons. The van der Waals surface area contributed by atoms with E-state index in [0.29, 0.717) is 5.82 Å². The number of phenols is 1. The number of nitro benzene ring substituents is 1. The van der Waals surface area contributed by atoms with Crippen LogP contribution in [0, 0.1) is 10.1 Å². The van der Waals surface area contributed by atoms with E-state index in [1.54, 1.807) is 24.0 Å². The molecule has 0 bridgehead atoms. The summed E-state index contributed by atoms with van der Waals surface area (Å²) >= 11 is 0. The van der Waals surface area contributed by atoms with Crippen LogP contribution in [0.15, 0.2) is 30.6 Å². The van der Waals surface area contributed by atoms with Gasteiger partial charge in [-0.1, -0.05) is 6.07 Å². The molecule has 2 aromatic rings. The second-order valence-electron chi connectivity index (χ2n) is 4.55. The summed E-state index contributed by atoms with van der Waals surface area (Å²) in [6.45, 7) is 0.227. The van der Waals surface area contributed by atoms with Crippen LogP contribution in [0.2, 0.25) is 0 Å². The van der Waals surface area contributed by atoms with Crippen molar-refractivity contribution in [1.82, 2.24) is 14.5 Å². The first-order valence-corrected chi connectivity index (χ1v) is 6.10. The fourth-order valence-electron chi connectivity index (χ4n) is 1.89. The van der Waals surface area contributed by atoms with Crippen molar-refractivity contribution in [3.63, 3.8) is 0 Å². The molecule has 1 amide bonds. The number of carbonyl (C=O) groups is 1. The van der Waals surface area contributed by atoms with Crippen LogP contribution in [0.25, 0.3) is 0 Å². The molecule has 8 heteroatoms. The van der Waals surface area contributed by atoms with Gasteiger partial charge in [-0.15, -0.1) is 0 Å². The van der Waals surface area contributed by atoms with Crippen LogP contribution in [0.5, 0.6) is 5.75 Å². The van der Waals surface area contributed by atoms with Crippen LogP contribution in [-0.2, 0) is 13.6 Å². The molecule has 1 aromatic carbocycles. The lowest BCUT2D eigenvalue weighted by atomic mass is 10.1. The lowest BCUT2D eigenvalue weighted by Crippen LogP contribution is -2.27. The van der Waals surface area contributed by atoms with E-state index in [0.717, 1.165) is 6.07 Å². The molecule has 1 heterocycles. The van der Waals surface area contributed by atoms with Gasteiger partial charge in [-0.25, -0.2) is 4.98 Å². The number of benzene rings is 1. The van der Waals surface area contributed by atoms with E-state index in [2.05, 4.69) is 4.98 Å². The number of aryl methyl sites for hydroxylation is 1. The standard InChI is InChI=1S/C13H14N4O4/c1-15-7-6-14-11(15)8-16(2)13(19)9-4-3-5-10(12(9)18)17(20)21/h3-7,18H,8H2,1-2H3. The summed E-state index contributed by atoms with van der Waals surface area (Å²) in [5.41, 5.74) is -0.604. The van der Waals surface area contributed by atoms with Crippen LogP contribution in [0.4, 0.5) is 5.69 Å². The summed E-state index contributed by atoms with van der Waals surface area (Å²) in [5, 5.41) is 20.6. The maximum Gasteiger partial charge on any atom is 0.311 e. The molecule has 8 nitrogen and oxygen atoms in total. The van der Waals surface area contributed by atoms with Crippen LogP contribution < -0.4 is 0 Å². The van der Waals surface area contributed by atoms with Crippen molar-refractivity contribution in [3.8, 4) is 5.75 Å². The van der Waals surface area contributed by atoms with Crippen molar-refractivity contribution in [2.75, 3.05) is 7.05 Å². The third-order valence-corrected chi connectivity index (χ3v) is 3.09. The first kappa shape index (κ1) is 14.5. The van der Waals surface area contributed by atoms with Gasteiger partial charge in [-0.2, -0.15) is 0 Å². The number of nitro groups is 1. The van der Waals surface area contributed by atoms with Crippen molar-refractivity contribution >= 4 is 11.6 Å². The van der Waals surface area contributed by atoms with Gasteiger partial charge in [0, 0.05) is 32.6 Å².